The number of amides is 2. The van der Waals surface area contributed by atoms with E-state index >= 15 is 0 Å². The van der Waals surface area contributed by atoms with Crippen LogP contribution in [-0.4, -0.2) is 37.6 Å². The van der Waals surface area contributed by atoms with Gasteiger partial charge >= 0.3 is 12.0 Å². The van der Waals surface area contributed by atoms with E-state index < -0.39 is 5.97 Å². The fraction of sp³-hybridized carbons (Fsp3) is 0.273. The summed E-state index contributed by atoms with van der Waals surface area (Å²) in [6, 6.07) is 14.2. The molecule has 0 radical (unpaired) electrons. The maximum absolute atomic E-state index is 12.2. The smallest absolute Gasteiger partial charge is 0.337 e. The molecule has 2 aromatic carbocycles. The van der Waals surface area contributed by atoms with Gasteiger partial charge in [-0.05, 0) is 42.8 Å². The van der Waals surface area contributed by atoms with E-state index in [0.29, 0.717) is 16.8 Å². The second-order valence-electron chi connectivity index (χ2n) is 6.11. The van der Waals surface area contributed by atoms with E-state index in [-0.39, 0.29) is 6.03 Å². The minimum Gasteiger partial charge on any atom is -0.465 e. The van der Waals surface area contributed by atoms with Crippen LogP contribution >= 0.6 is 0 Å². The van der Waals surface area contributed by atoms with Crippen molar-refractivity contribution < 1.29 is 14.3 Å². The number of ether oxygens (including phenoxy) is 1. The molecule has 0 aromatic heterocycles. The Labute approximate surface area is 160 Å². The predicted molar refractivity (Wildman–Crippen MR) is 107 cm³/mol. The zero-order chi connectivity index (χ0) is 19.6. The van der Waals surface area contributed by atoms with E-state index in [1.54, 1.807) is 30.1 Å². The Morgan fingerprint density at radius 3 is 2.41 bits per heavy atom. The number of benzene rings is 2. The molecule has 0 atom stereocenters. The molecule has 140 valence electrons. The molecular weight excluding hydrogens is 340 g/mol. The summed E-state index contributed by atoms with van der Waals surface area (Å²) in [5.41, 5.74) is 2.64. The van der Waals surface area contributed by atoms with Crippen LogP contribution in [0.4, 0.5) is 10.5 Å². The molecule has 27 heavy (non-hydrogen) atoms. The van der Waals surface area contributed by atoms with Crippen molar-refractivity contribution in [2.24, 2.45) is 0 Å². The van der Waals surface area contributed by atoms with Crippen LogP contribution in [0.1, 0.15) is 41.3 Å². The van der Waals surface area contributed by atoms with E-state index in [1.807, 2.05) is 30.3 Å². The highest BCUT2D eigenvalue weighted by Crippen LogP contribution is 2.11. The van der Waals surface area contributed by atoms with Gasteiger partial charge in [-0.15, -0.1) is 0 Å². The van der Waals surface area contributed by atoms with Crippen molar-refractivity contribution >= 4 is 17.7 Å². The van der Waals surface area contributed by atoms with Gasteiger partial charge in [-0.2, -0.15) is 0 Å². The number of rotatable bonds is 5. The van der Waals surface area contributed by atoms with Gasteiger partial charge in [0.05, 0.1) is 12.7 Å². The van der Waals surface area contributed by atoms with Gasteiger partial charge in [0.25, 0.3) is 0 Å². The number of unbranched alkanes of at least 4 members (excludes halogenated alkanes) is 1. The molecule has 0 spiro atoms. The van der Waals surface area contributed by atoms with Crippen LogP contribution in [0.2, 0.25) is 0 Å². The van der Waals surface area contributed by atoms with Crippen molar-refractivity contribution in [2.45, 2.75) is 19.8 Å². The molecular formula is C22H24N2O3. The summed E-state index contributed by atoms with van der Waals surface area (Å²) in [4.78, 5) is 25.4. The van der Waals surface area contributed by atoms with Crippen LogP contribution in [-0.2, 0) is 4.74 Å². The van der Waals surface area contributed by atoms with E-state index in [0.717, 1.165) is 24.9 Å². The molecule has 0 unspecified atom stereocenters. The van der Waals surface area contributed by atoms with E-state index in [1.165, 1.54) is 7.11 Å². The number of carbonyl (C=O) groups is 2. The molecule has 0 saturated heterocycles. The molecule has 0 bridgehead atoms. The second kappa shape index (κ2) is 10.0. The van der Waals surface area contributed by atoms with Gasteiger partial charge < -0.3 is 15.0 Å². The Morgan fingerprint density at radius 2 is 1.74 bits per heavy atom. The van der Waals surface area contributed by atoms with Gasteiger partial charge in [-0.3, -0.25) is 0 Å². The van der Waals surface area contributed by atoms with Gasteiger partial charge in [0.2, 0.25) is 0 Å². The first-order valence-corrected chi connectivity index (χ1v) is 8.86. The Morgan fingerprint density at radius 1 is 1.07 bits per heavy atom. The Bertz CT molecular complexity index is 865. The van der Waals surface area contributed by atoms with Crippen LogP contribution in [0, 0.1) is 11.8 Å². The Balaban J connectivity index is 2.10. The van der Waals surface area contributed by atoms with Crippen molar-refractivity contribution in [1.82, 2.24) is 4.90 Å². The van der Waals surface area contributed by atoms with Gasteiger partial charge in [0.15, 0.2) is 0 Å². The third kappa shape index (κ3) is 6.19. The third-order valence-corrected chi connectivity index (χ3v) is 3.94. The SMILES string of the molecule is CCCCN(C)C(=O)Nc1cccc(C#Cc2cccc(C(=O)OC)c2)c1. The van der Waals surface area contributed by atoms with E-state index in [4.69, 9.17) is 4.74 Å². The number of hydrogen-bond donors (Lipinski definition) is 1. The highest BCUT2D eigenvalue weighted by molar-refractivity contribution is 5.90. The topological polar surface area (TPSA) is 58.6 Å². The first-order valence-electron chi connectivity index (χ1n) is 8.86. The van der Waals surface area contributed by atoms with Gasteiger partial charge in [0.1, 0.15) is 0 Å². The summed E-state index contributed by atoms with van der Waals surface area (Å²) < 4.78 is 4.72. The lowest BCUT2D eigenvalue weighted by Gasteiger charge is -2.17. The minimum atomic E-state index is -0.393. The third-order valence-electron chi connectivity index (χ3n) is 3.94. The van der Waals surface area contributed by atoms with Gasteiger partial charge in [-0.1, -0.05) is 37.3 Å². The molecule has 2 aromatic rings. The number of nitrogens with one attached hydrogen (secondary N) is 1. The summed E-state index contributed by atoms with van der Waals surface area (Å²) in [7, 11) is 3.13. The fourth-order valence-corrected chi connectivity index (χ4v) is 2.38. The summed E-state index contributed by atoms with van der Waals surface area (Å²) in [5.74, 6) is 5.69. The molecule has 2 amide bonds. The van der Waals surface area contributed by atoms with Crippen LogP contribution < -0.4 is 5.32 Å². The highest BCUT2D eigenvalue weighted by atomic mass is 16.5. The molecule has 0 fully saturated rings. The number of esters is 1. The lowest BCUT2D eigenvalue weighted by molar-refractivity contribution is 0.0600. The van der Waals surface area contributed by atoms with Crippen LogP contribution in [0.5, 0.6) is 0 Å². The molecule has 0 heterocycles. The van der Waals surface area contributed by atoms with Crippen molar-refractivity contribution in [2.75, 3.05) is 26.0 Å². The van der Waals surface area contributed by atoms with E-state index in [2.05, 4.69) is 24.1 Å². The monoisotopic (exact) mass is 364 g/mol. The molecule has 0 aliphatic rings. The predicted octanol–water partition coefficient (Wildman–Crippen LogP) is 4.14. The minimum absolute atomic E-state index is 0.140. The van der Waals surface area contributed by atoms with E-state index in [9.17, 15) is 9.59 Å². The normalized spacial score (nSPS) is 9.74. The summed E-state index contributed by atoms with van der Waals surface area (Å²) in [6.45, 7) is 2.81. The van der Waals surface area contributed by atoms with Crippen molar-refractivity contribution in [3.05, 3.63) is 65.2 Å². The molecule has 5 heteroatoms. The lowest BCUT2D eigenvalue weighted by Crippen LogP contribution is -2.32. The second-order valence-corrected chi connectivity index (χ2v) is 6.11. The molecule has 1 N–H and O–H groups in total. The Kier molecular flexibility index (Phi) is 7.45. The fourth-order valence-electron chi connectivity index (χ4n) is 2.38. The molecule has 0 aliphatic heterocycles. The zero-order valence-corrected chi connectivity index (χ0v) is 15.9. The Hall–Kier alpha value is -3.26. The first kappa shape index (κ1) is 20.1. The van der Waals surface area contributed by atoms with Gasteiger partial charge in [-0.25, -0.2) is 9.59 Å². The van der Waals surface area contributed by atoms with Crippen LogP contribution in [0.15, 0.2) is 48.5 Å². The van der Waals surface area contributed by atoms with Crippen molar-refractivity contribution in [1.29, 1.82) is 0 Å². The highest BCUT2D eigenvalue weighted by Gasteiger charge is 2.08. The number of nitrogens with zero attached hydrogens (tertiary/aromatic N) is 1. The summed E-state index contributed by atoms with van der Waals surface area (Å²) >= 11 is 0. The largest absolute Gasteiger partial charge is 0.465 e. The molecule has 2 rings (SSSR count). The zero-order valence-electron chi connectivity index (χ0n) is 15.9. The maximum atomic E-state index is 12.2. The molecule has 0 saturated carbocycles. The average molecular weight is 364 g/mol. The summed E-state index contributed by atoms with van der Waals surface area (Å²) in [6.07, 6.45) is 2.01. The number of anilines is 1. The van der Waals surface area contributed by atoms with Crippen molar-refractivity contribution in [3.63, 3.8) is 0 Å². The number of methoxy groups -OCH3 is 1. The first-order chi connectivity index (χ1) is 13.0. The lowest BCUT2D eigenvalue weighted by atomic mass is 10.1. The number of carbonyl (C=O) groups excluding carboxylic acids is 2. The van der Waals surface area contributed by atoms with Gasteiger partial charge in [0, 0.05) is 30.4 Å². The molecule has 5 nitrogen and oxygen atoms in total. The standard InChI is InChI=1S/C22H24N2O3/c1-4-5-14-24(2)22(26)23-20-11-7-9-18(16-20)13-12-17-8-6-10-19(15-17)21(25)27-3/h6-11,15-16H,4-5,14H2,1-3H3,(H,23,26). The van der Waals surface area contributed by atoms with Crippen LogP contribution in [0.3, 0.4) is 0 Å². The average Bonchev–Trinajstić information content (AvgIpc) is 2.70. The number of urea groups is 1. The quantitative estimate of drug-likeness (QED) is 0.641. The molecule has 0 aliphatic carbocycles. The maximum Gasteiger partial charge on any atom is 0.337 e. The summed E-state index contributed by atoms with van der Waals surface area (Å²) in [5, 5.41) is 2.88. The van der Waals surface area contributed by atoms with Crippen LogP contribution in [0.25, 0.3) is 0 Å². The van der Waals surface area contributed by atoms with Crippen molar-refractivity contribution in [3.8, 4) is 11.8 Å². The number of hydrogen-bond acceptors (Lipinski definition) is 3.